The summed E-state index contributed by atoms with van der Waals surface area (Å²) in [6, 6.07) is 5.01. The minimum atomic E-state index is -0.169. The molecule has 1 aromatic rings. The number of halogens is 1. The van der Waals surface area contributed by atoms with E-state index in [2.05, 4.69) is 0 Å². The normalized spacial score (nSPS) is 17.2. The second-order valence-corrected chi connectivity index (χ2v) is 4.79. The minimum absolute atomic E-state index is 0.132. The van der Waals surface area contributed by atoms with Crippen molar-refractivity contribution in [3.05, 3.63) is 29.6 Å². The Labute approximate surface area is 96.2 Å². The largest absolute Gasteiger partial charge is 0.372 e. The van der Waals surface area contributed by atoms with Gasteiger partial charge in [-0.1, -0.05) is 12.1 Å². The van der Waals surface area contributed by atoms with Gasteiger partial charge >= 0.3 is 0 Å². The summed E-state index contributed by atoms with van der Waals surface area (Å²) in [4.78, 5) is 2.01. The Morgan fingerprint density at radius 3 is 2.75 bits per heavy atom. The van der Waals surface area contributed by atoms with E-state index in [1.807, 2.05) is 24.9 Å². The van der Waals surface area contributed by atoms with Gasteiger partial charge in [0.15, 0.2) is 0 Å². The molecule has 16 heavy (non-hydrogen) atoms. The third-order valence-corrected chi connectivity index (χ3v) is 3.12. The van der Waals surface area contributed by atoms with E-state index in [0.717, 1.165) is 18.0 Å². The van der Waals surface area contributed by atoms with Gasteiger partial charge in [0.1, 0.15) is 5.82 Å². The molecule has 88 valence electrons. The molecule has 0 unspecified atom stereocenters. The Balaban J connectivity index is 2.28. The van der Waals surface area contributed by atoms with Crippen LogP contribution >= 0.6 is 0 Å². The molecule has 0 amide bonds. The SMILES string of the molecule is C[C@@H](N)c1cccc(F)c1N(C)CC1CC1. The molecule has 0 spiro atoms. The third kappa shape index (κ3) is 2.35. The summed E-state index contributed by atoms with van der Waals surface area (Å²) in [6.45, 7) is 2.82. The van der Waals surface area contributed by atoms with Crippen molar-refractivity contribution >= 4 is 5.69 Å². The summed E-state index contributed by atoms with van der Waals surface area (Å²) >= 11 is 0. The van der Waals surface area contributed by atoms with E-state index in [0.29, 0.717) is 5.69 Å². The van der Waals surface area contributed by atoms with Crippen LogP contribution in [0.4, 0.5) is 10.1 Å². The molecule has 1 aromatic carbocycles. The van der Waals surface area contributed by atoms with Crippen molar-refractivity contribution in [3.63, 3.8) is 0 Å². The van der Waals surface area contributed by atoms with Gasteiger partial charge in [-0.05, 0) is 37.3 Å². The van der Waals surface area contributed by atoms with E-state index in [9.17, 15) is 4.39 Å². The van der Waals surface area contributed by atoms with Gasteiger partial charge in [0.2, 0.25) is 0 Å². The highest BCUT2D eigenvalue weighted by Gasteiger charge is 2.25. The molecule has 0 saturated heterocycles. The number of nitrogens with zero attached hydrogens (tertiary/aromatic N) is 1. The Bertz CT molecular complexity index is 372. The van der Waals surface area contributed by atoms with Gasteiger partial charge in [0, 0.05) is 19.6 Å². The van der Waals surface area contributed by atoms with Gasteiger partial charge in [-0.25, -0.2) is 4.39 Å². The fourth-order valence-corrected chi connectivity index (χ4v) is 2.08. The molecule has 0 aliphatic heterocycles. The van der Waals surface area contributed by atoms with Crippen molar-refractivity contribution in [3.8, 4) is 0 Å². The van der Waals surface area contributed by atoms with Crippen molar-refractivity contribution < 1.29 is 4.39 Å². The zero-order valence-electron chi connectivity index (χ0n) is 9.91. The van der Waals surface area contributed by atoms with Gasteiger partial charge < -0.3 is 10.6 Å². The van der Waals surface area contributed by atoms with Crippen LogP contribution in [0.2, 0.25) is 0 Å². The van der Waals surface area contributed by atoms with Crippen molar-refractivity contribution in [2.75, 3.05) is 18.5 Å². The van der Waals surface area contributed by atoms with E-state index in [1.165, 1.54) is 18.9 Å². The lowest BCUT2D eigenvalue weighted by Crippen LogP contribution is -2.24. The second kappa shape index (κ2) is 4.42. The maximum Gasteiger partial charge on any atom is 0.146 e. The van der Waals surface area contributed by atoms with Crippen LogP contribution in [0.3, 0.4) is 0 Å². The zero-order chi connectivity index (χ0) is 11.7. The van der Waals surface area contributed by atoms with E-state index in [4.69, 9.17) is 5.73 Å². The number of hydrogen-bond acceptors (Lipinski definition) is 2. The highest BCUT2D eigenvalue weighted by atomic mass is 19.1. The molecule has 1 saturated carbocycles. The molecule has 2 nitrogen and oxygen atoms in total. The molecule has 0 radical (unpaired) electrons. The van der Waals surface area contributed by atoms with Crippen LogP contribution in [0.15, 0.2) is 18.2 Å². The van der Waals surface area contributed by atoms with Gasteiger partial charge in [-0.15, -0.1) is 0 Å². The highest BCUT2D eigenvalue weighted by molar-refractivity contribution is 5.55. The molecule has 3 heteroatoms. The van der Waals surface area contributed by atoms with Crippen LogP contribution in [0.1, 0.15) is 31.4 Å². The number of anilines is 1. The quantitative estimate of drug-likeness (QED) is 0.848. The van der Waals surface area contributed by atoms with E-state index >= 15 is 0 Å². The van der Waals surface area contributed by atoms with E-state index in [-0.39, 0.29) is 11.9 Å². The summed E-state index contributed by atoms with van der Waals surface area (Å²) in [5.74, 6) is 0.573. The first kappa shape index (κ1) is 11.4. The summed E-state index contributed by atoms with van der Waals surface area (Å²) in [5.41, 5.74) is 7.44. The molecule has 0 bridgehead atoms. The Morgan fingerprint density at radius 1 is 1.50 bits per heavy atom. The lowest BCUT2D eigenvalue weighted by molar-refractivity contribution is 0.613. The van der Waals surface area contributed by atoms with E-state index in [1.54, 1.807) is 6.07 Å². The maximum absolute atomic E-state index is 13.8. The molecular weight excluding hydrogens is 203 g/mol. The van der Waals surface area contributed by atoms with Crippen LogP contribution in [-0.2, 0) is 0 Å². The van der Waals surface area contributed by atoms with E-state index < -0.39 is 0 Å². The standard InChI is InChI=1S/C13H19FN2/c1-9(15)11-4-3-5-12(14)13(11)16(2)8-10-6-7-10/h3-5,9-10H,6-8,15H2,1-2H3/t9-/m1/s1. The van der Waals surface area contributed by atoms with Crippen LogP contribution < -0.4 is 10.6 Å². The fraction of sp³-hybridized carbons (Fsp3) is 0.538. The number of hydrogen-bond donors (Lipinski definition) is 1. The average Bonchev–Trinajstić information content (AvgIpc) is 3.00. The Hall–Kier alpha value is -1.09. The molecule has 1 fully saturated rings. The molecule has 0 heterocycles. The number of para-hydroxylation sites is 1. The number of nitrogens with two attached hydrogens (primary N) is 1. The molecule has 2 N–H and O–H groups in total. The van der Waals surface area contributed by atoms with Crippen LogP contribution in [-0.4, -0.2) is 13.6 Å². The van der Waals surface area contributed by atoms with Crippen molar-refractivity contribution in [1.29, 1.82) is 0 Å². The first-order valence-corrected chi connectivity index (χ1v) is 5.84. The molecule has 1 atom stereocenters. The molecule has 1 aliphatic rings. The monoisotopic (exact) mass is 222 g/mol. The first-order valence-electron chi connectivity index (χ1n) is 5.84. The Morgan fingerprint density at radius 2 is 2.19 bits per heavy atom. The van der Waals surface area contributed by atoms with Gasteiger partial charge in [0.05, 0.1) is 5.69 Å². The van der Waals surface area contributed by atoms with Crippen LogP contribution in [0.25, 0.3) is 0 Å². The summed E-state index contributed by atoms with van der Waals surface area (Å²) < 4.78 is 13.8. The lowest BCUT2D eigenvalue weighted by atomic mass is 10.1. The van der Waals surface area contributed by atoms with Crippen molar-refractivity contribution in [2.24, 2.45) is 11.7 Å². The summed E-state index contributed by atoms with van der Waals surface area (Å²) in [5, 5.41) is 0. The zero-order valence-corrected chi connectivity index (χ0v) is 9.91. The lowest BCUT2D eigenvalue weighted by Gasteiger charge is -2.24. The first-order chi connectivity index (χ1) is 7.59. The average molecular weight is 222 g/mol. The Kier molecular flexibility index (Phi) is 3.15. The third-order valence-electron chi connectivity index (χ3n) is 3.12. The van der Waals surface area contributed by atoms with Gasteiger partial charge in [-0.3, -0.25) is 0 Å². The van der Waals surface area contributed by atoms with Crippen molar-refractivity contribution in [1.82, 2.24) is 0 Å². The predicted octanol–water partition coefficient (Wildman–Crippen LogP) is 2.69. The van der Waals surface area contributed by atoms with Gasteiger partial charge in [-0.2, -0.15) is 0 Å². The predicted molar refractivity (Wildman–Crippen MR) is 65.0 cm³/mol. The second-order valence-electron chi connectivity index (χ2n) is 4.79. The number of rotatable bonds is 4. The van der Waals surface area contributed by atoms with Crippen molar-refractivity contribution in [2.45, 2.75) is 25.8 Å². The van der Waals surface area contributed by atoms with Gasteiger partial charge in [0.25, 0.3) is 0 Å². The number of benzene rings is 1. The molecule has 1 aliphatic carbocycles. The van der Waals surface area contributed by atoms with Crippen LogP contribution in [0.5, 0.6) is 0 Å². The topological polar surface area (TPSA) is 29.3 Å². The molecular formula is C13H19FN2. The smallest absolute Gasteiger partial charge is 0.146 e. The molecule has 2 rings (SSSR count). The highest BCUT2D eigenvalue weighted by Crippen LogP contribution is 2.33. The molecule has 0 aromatic heterocycles. The van der Waals surface area contributed by atoms with Crippen LogP contribution in [0, 0.1) is 11.7 Å². The fourth-order valence-electron chi connectivity index (χ4n) is 2.08. The minimum Gasteiger partial charge on any atom is -0.372 e. The summed E-state index contributed by atoms with van der Waals surface area (Å²) in [7, 11) is 1.95. The maximum atomic E-state index is 13.8. The summed E-state index contributed by atoms with van der Waals surface area (Å²) in [6.07, 6.45) is 2.54.